The maximum atomic E-state index is 12.7. The number of hydrogen-bond donors (Lipinski definition) is 1. The van der Waals surface area contributed by atoms with Crippen LogP contribution in [0.2, 0.25) is 0 Å². The van der Waals surface area contributed by atoms with Crippen molar-refractivity contribution >= 4 is 11.9 Å². The number of benzene rings is 2. The highest BCUT2D eigenvalue weighted by Gasteiger charge is 2.22. The Morgan fingerprint density at radius 1 is 1.07 bits per heavy atom. The lowest BCUT2D eigenvalue weighted by Crippen LogP contribution is -2.33. The van der Waals surface area contributed by atoms with Crippen LogP contribution < -0.4 is 14.2 Å². The molecular formula is C21H25NO6. The van der Waals surface area contributed by atoms with Gasteiger partial charge in [-0.15, -0.1) is 0 Å². The zero-order valence-electron chi connectivity index (χ0n) is 16.5. The quantitative estimate of drug-likeness (QED) is 0.712. The standard InChI is InChI=1S/C21H25NO6/c1-14(21(24)25)12-22(2)20(23)16-10-17(26-3)19(18(11-16)27-4)28-13-15-8-6-5-7-9-15/h5-11,14H,12-13H2,1-4H3,(H,24,25). The first-order valence-corrected chi connectivity index (χ1v) is 8.78. The van der Waals surface area contributed by atoms with Gasteiger partial charge in [-0.3, -0.25) is 9.59 Å². The highest BCUT2D eigenvalue weighted by atomic mass is 16.5. The van der Waals surface area contributed by atoms with Crippen molar-refractivity contribution in [3.8, 4) is 17.2 Å². The van der Waals surface area contributed by atoms with Crippen LogP contribution in [-0.4, -0.2) is 49.7 Å². The average molecular weight is 387 g/mol. The van der Waals surface area contributed by atoms with E-state index in [0.717, 1.165) is 5.56 Å². The maximum Gasteiger partial charge on any atom is 0.308 e. The summed E-state index contributed by atoms with van der Waals surface area (Å²) in [6.07, 6.45) is 0. The van der Waals surface area contributed by atoms with E-state index < -0.39 is 11.9 Å². The first-order valence-electron chi connectivity index (χ1n) is 8.78. The third-order valence-electron chi connectivity index (χ3n) is 4.25. The first-order chi connectivity index (χ1) is 13.4. The first kappa shape index (κ1) is 21.1. The van der Waals surface area contributed by atoms with E-state index in [4.69, 9.17) is 19.3 Å². The van der Waals surface area contributed by atoms with Crippen LogP contribution in [0.25, 0.3) is 0 Å². The molecule has 1 amide bonds. The highest BCUT2D eigenvalue weighted by molar-refractivity contribution is 5.95. The van der Waals surface area contributed by atoms with Crippen LogP contribution in [0.3, 0.4) is 0 Å². The Hall–Kier alpha value is -3.22. The molecule has 0 spiro atoms. The molecule has 0 saturated heterocycles. The lowest BCUT2D eigenvalue weighted by Gasteiger charge is -2.21. The van der Waals surface area contributed by atoms with Crippen molar-refractivity contribution < 1.29 is 28.9 Å². The van der Waals surface area contributed by atoms with Crippen LogP contribution >= 0.6 is 0 Å². The summed E-state index contributed by atoms with van der Waals surface area (Å²) in [5.41, 5.74) is 1.30. The third-order valence-corrected chi connectivity index (χ3v) is 4.25. The van der Waals surface area contributed by atoms with E-state index in [1.165, 1.54) is 19.1 Å². The second-order valence-electron chi connectivity index (χ2n) is 6.41. The molecule has 2 rings (SSSR count). The second kappa shape index (κ2) is 9.64. The molecule has 0 fully saturated rings. The van der Waals surface area contributed by atoms with Gasteiger partial charge in [-0.25, -0.2) is 0 Å². The van der Waals surface area contributed by atoms with Crippen molar-refractivity contribution in [2.24, 2.45) is 5.92 Å². The van der Waals surface area contributed by atoms with Gasteiger partial charge < -0.3 is 24.2 Å². The summed E-state index contributed by atoms with van der Waals surface area (Å²) in [5.74, 6) is -0.853. The summed E-state index contributed by atoms with van der Waals surface area (Å²) in [4.78, 5) is 25.1. The van der Waals surface area contributed by atoms with Gasteiger partial charge in [0.05, 0.1) is 20.1 Å². The molecule has 0 aliphatic heterocycles. The lowest BCUT2D eigenvalue weighted by atomic mass is 10.1. The van der Waals surface area contributed by atoms with Crippen molar-refractivity contribution in [3.05, 3.63) is 53.6 Å². The molecule has 0 heterocycles. The number of carboxylic acid groups (broad SMARTS) is 1. The van der Waals surface area contributed by atoms with E-state index >= 15 is 0 Å². The van der Waals surface area contributed by atoms with Gasteiger partial charge in [-0.05, 0) is 17.7 Å². The number of carboxylic acids is 1. The van der Waals surface area contributed by atoms with E-state index in [1.54, 1.807) is 26.1 Å². The Balaban J connectivity index is 2.25. The van der Waals surface area contributed by atoms with Gasteiger partial charge in [0.2, 0.25) is 5.75 Å². The van der Waals surface area contributed by atoms with Crippen molar-refractivity contribution in [1.82, 2.24) is 4.90 Å². The van der Waals surface area contributed by atoms with E-state index in [9.17, 15) is 9.59 Å². The van der Waals surface area contributed by atoms with Crippen molar-refractivity contribution in [2.45, 2.75) is 13.5 Å². The van der Waals surface area contributed by atoms with Crippen LogP contribution in [0, 0.1) is 5.92 Å². The Morgan fingerprint density at radius 2 is 1.64 bits per heavy atom. The number of hydrogen-bond acceptors (Lipinski definition) is 5. The van der Waals surface area contributed by atoms with Gasteiger partial charge in [0.25, 0.3) is 5.91 Å². The highest BCUT2D eigenvalue weighted by Crippen LogP contribution is 2.39. The number of amides is 1. The van der Waals surface area contributed by atoms with Gasteiger partial charge in [0.1, 0.15) is 6.61 Å². The van der Waals surface area contributed by atoms with Crippen LogP contribution in [0.5, 0.6) is 17.2 Å². The number of aliphatic carboxylic acids is 1. The SMILES string of the molecule is COc1cc(C(=O)N(C)CC(C)C(=O)O)cc(OC)c1OCc1ccccc1. The minimum absolute atomic E-state index is 0.0883. The number of nitrogens with zero attached hydrogens (tertiary/aromatic N) is 1. The summed E-state index contributed by atoms with van der Waals surface area (Å²) in [7, 11) is 4.52. The van der Waals surface area contributed by atoms with Gasteiger partial charge >= 0.3 is 5.97 Å². The zero-order chi connectivity index (χ0) is 20.7. The number of rotatable bonds is 9. The molecule has 0 saturated carbocycles. The molecule has 2 aromatic rings. The van der Waals surface area contributed by atoms with Crippen LogP contribution in [0.4, 0.5) is 0 Å². The molecule has 28 heavy (non-hydrogen) atoms. The predicted molar refractivity (Wildman–Crippen MR) is 104 cm³/mol. The Kier molecular flexibility index (Phi) is 7.26. The largest absolute Gasteiger partial charge is 0.493 e. The van der Waals surface area contributed by atoms with Crippen LogP contribution in [-0.2, 0) is 11.4 Å². The Morgan fingerprint density at radius 3 is 2.14 bits per heavy atom. The summed E-state index contributed by atoms with van der Waals surface area (Å²) < 4.78 is 16.7. The molecule has 150 valence electrons. The van der Waals surface area contributed by atoms with Gasteiger partial charge in [0, 0.05) is 19.2 Å². The number of methoxy groups -OCH3 is 2. The van der Waals surface area contributed by atoms with E-state index in [0.29, 0.717) is 29.4 Å². The second-order valence-corrected chi connectivity index (χ2v) is 6.41. The van der Waals surface area contributed by atoms with Gasteiger partial charge in [-0.1, -0.05) is 37.3 Å². The molecule has 0 bridgehead atoms. The van der Waals surface area contributed by atoms with E-state index in [1.807, 2.05) is 30.3 Å². The molecule has 1 N–H and O–H groups in total. The molecule has 7 nitrogen and oxygen atoms in total. The summed E-state index contributed by atoms with van der Waals surface area (Å²) in [5, 5.41) is 9.04. The topological polar surface area (TPSA) is 85.3 Å². The summed E-state index contributed by atoms with van der Waals surface area (Å²) in [6.45, 7) is 1.95. The fourth-order valence-electron chi connectivity index (χ4n) is 2.67. The number of carbonyl (C=O) groups is 2. The van der Waals surface area contributed by atoms with Gasteiger partial charge in [0.15, 0.2) is 11.5 Å². The van der Waals surface area contributed by atoms with Crippen LogP contribution in [0.1, 0.15) is 22.8 Å². The normalized spacial score (nSPS) is 11.4. The Labute approximate surface area is 164 Å². The lowest BCUT2D eigenvalue weighted by molar-refractivity contribution is -0.141. The predicted octanol–water partition coefficient (Wildman–Crippen LogP) is 3.08. The fraction of sp³-hybridized carbons (Fsp3) is 0.333. The van der Waals surface area contributed by atoms with E-state index in [2.05, 4.69) is 0 Å². The maximum absolute atomic E-state index is 12.7. The molecule has 0 aliphatic carbocycles. The fourth-order valence-corrected chi connectivity index (χ4v) is 2.67. The molecular weight excluding hydrogens is 362 g/mol. The minimum atomic E-state index is -0.959. The molecule has 1 atom stereocenters. The number of carbonyl (C=O) groups excluding carboxylic acids is 1. The van der Waals surface area contributed by atoms with Crippen molar-refractivity contribution in [3.63, 3.8) is 0 Å². The summed E-state index contributed by atoms with van der Waals surface area (Å²) in [6, 6.07) is 12.8. The minimum Gasteiger partial charge on any atom is -0.493 e. The molecule has 1 unspecified atom stereocenters. The van der Waals surface area contributed by atoms with Gasteiger partial charge in [-0.2, -0.15) is 0 Å². The molecule has 0 aromatic heterocycles. The van der Waals surface area contributed by atoms with Crippen molar-refractivity contribution in [2.75, 3.05) is 27.8 Å². The monoisotopic (exact) mass is 387 g/mol. The third kappa shape index (κ3) is 5.16. The number of ether oxygens (including phenoxy) is 3. The Bertz CT molecular complexity index is 796. The molecule has 2 aromatic carbocycles. The summed E-state index contributed by atoms with van der Waals surface area (Å²) >= 11 is 0. The zero-order valence-corrected chi connectivity index (χ0v) is 16.5. The average Bonchev–Trinajstić information content (AvgIpc) is 2.71. The molecule has 0 radical (unpaired) electrons. The van der Waals surface area contributed by atoms with Crippen LogP contribution in [0.15, 0.2) is 42.5 Å². The van der Waals surface area contributed by atoms with Crippen molar-refractivity contribution in [1.29, 1.82) is 0 Å². The smallest absolute Gasteiger partial charge is 0.308 e. The molecule has 0 aliphatic rings. The molecule has 7 heteroatoms. The van der Waals surface area contributed by atoms with E-state index in [-0.39, 0.29) is 12.5 Å².